The lowest BCUT2D eigenvalue weighted by Crippen LogP contribution is -2.26. The Labute approximate surface area is 101 Å². The maximum Gasteiger partial charge on any atom is 0.255 e. The van der Waals surface area contributed by atoms with Crippen molar-refractivity contribution in [3.63, 3.8) is 0 Å². The number of amides is 1. The van der Waals surface area contributed by atoms with Crippen LogP contribution >= 0.6 is 0 Å². The van der Waals surface area contributed by atoms with Crippen molar-refractivity contribution in [3.05, 3.63) is 23.8 Å². The lowest BCUT2D eigenvalue weighted by atomic mass is 10.1. The molecule has 0 aliphatic heterocycles. The van der Waals surface area contributed by atoms with Crippen molar-refractivity contribution in [2.45, 2.75) is 13.3 Å². The third kappa shape index (κ3) is 2.70. The maximum atomic E-state index is 12.0. The Bertz CT molecular complexity index is 431. The van der Waals surface area contributed by atoms with Gasteiger partial charge in [0.2, 0.25) is 0 Å². The fraction of sp³-hybridized carbons (Fsp3) is 0.462. The zero-order chi connectivity index (χ0) is 12.4. The lowest BCUT2D eigenvalue weighted by molar-refractivity contribution is 0.0948. The molecular formula is C13H18N2O2. The fourth-order valence-electron chi connectivity index (χ4n) is 1.91. The smallest absolute Gasteiger partial charge is 0.255 e. The van der Waals surface area contributed by atoms with E-state index in [1.165, 1.54) is 6.42 Å². The number of nitrogens with one attached hydrogen (secondary N) is 1. The van der Waals surface area contributed by atoms with Crippen molar-refractivity contribution in [2.24, 2.45) is 11.8 Å². The number of hydrogen-bond acceptors (Lipinski definition) is 3. The monoisotopic (exact) mass is 234 g/mol. The Balaban J connectivity index is 2.04. The number of anilines is 1. The molecule has 17 heavy (non-hydrogen) atoms. The summed E-state index contributed by atoms with van der Waals surface area (Å²) in [5.74, 6) is 1.80. The van der Waals surface area contributed by atoms with Crippen molar-refractivity contribution in [3.8, 4) is 5.75 Å². The summed E-state index contributed by atoms with van der Waals surface area (Å²) in [5.41, 5.74) is 6.74. The number of ether oxygens (including phenoxy) is 1. The largest absolute Gasteiger partial charge is 0.496 e. The van der Waals surface area contributed by atoms with Gasteiger partial charge in [0.25, 0.3) is 5.91 Å². The summed E-state index contributed by atoms with van der Waals surface area (Å²) in [4.78, 5) is 12.0. The van der Waals surface area contributed by atoms with Gasteiger partial charge in [0, 0.05) is 12.2 Å². The van der Waals surface area contributed by atoms with Crippen molar-refractivity contribution < 1.29 is 9.53 Å². The second-order valence-electron chi connectivity index (χ2n) is 4.64. The molecule has 1 amide bonds. The Morgan fingerprint density at radius 3 is 2.88 bits per heavy atom. The van der Waals surface area contributed by atoms with Gasteiger partial charge in [-0.15, -0.1) is 0 Å². The van der Waals surface area contributed by atoms with Crippen LogP contribution in [0.25, 0.3) is 0 Å². The van der Waals surface area contributed by atoms with E-state index in [1.807, 2.05) is 0 Å². The molecule has 1 fully saturated rings. The Morgan fingerprint density at radius 2 is 2.29 bits per heavy atom. The summed E-state index contributed by atoms with van der Waals surface area (Å²) in [6.07, 6.45) is 1.20. The van der Waals surface area contributed by atoms with Gasteiger partial charge in [-0.2, -0.15) is 0 Å². The van der Waals surface area contributed by atoms with Crippen LogP contribution in [0.5, 0.6) is 5.75 Å². The molecule has 2 rings (SSSR count). The minimum atomic E-state index is -0.117. The van der Waals surface area contributed by atoms with Gasteiger partial charge in [-0.25, -0.2) is 0 Å². The number of methoxy groups -OCH3 is 1. The Hall–Kier alpha value is -1.71. The molecule has 1 aromatic rings. The Morgan fingerprint density at radius 1 is 1.59 bits per heavy atom. The van der Waals surface area contributed by atoms with Gasteiger partial charge in [-0.3, -0.25) is 4.79 Å². The molecule has 2 atom stereocenters. The van der Waals surface area contributed by atoms with Gasteiger partial charge >= 0.3 is 0 Å². The van der Waals surface area contributed by atoms with E-state index in [-0.39, 0.29) is 5.91 Å². The highest BCUT2D eigenvalue weighted by molar-refractivity contribution is 5.97. The average Bonchev–Trinajstić information content (AvgIpc) is 3.02. The number of nitrogen functional groups attached to an aromatic ring is 1. The quantitative estimate of drug-likeness (QED) is 0.779. The fourth-order valence-corrected chi connectivity index (χ4v) is 1.91. The number of rotatable bonds is 4. The van der Waals surface area contributed by atoms with Crippen LogP contribution in [-0.4, -0.2) is 19.6 Å². The first-order valence-electron chi connectivity index (χ1n) is 5.83. The second-order valence-corrected chi connectivity index (χ2v) is 4.64. The number of hydrogen-bond donors (Lipinski definition) is 2. The van der Waals surface area contributed by atoms with E-state index in [0.717, 1.165) is 12.5 Å². The van der Waals surface area contributed by atoms with Crippen LogP contribution in [0.1, 0.15) is 23.7 Å². The van der Waals surface area contributed by atoms with E-state index < -0.39 is 0 Å². The third-order valence-electron chi connectivity index (χ3n) is 3.27. The van der Waals surface area contributed by atoms with Crippen LogP contribution in [-0.2, 0) is 0 Å². The molecule has 1 aromatic carbocycles. The van der Waals surface area contributed by atoms with Gasteiger partial charge in [-0.05, 0) is 36.5 Å². The van der Waals surface area contributed by atoms with Crippen LogP contribution in [0.4, 0.5) is 5.69 Å². The summed E-state index contributed by atoms with van der Waals surface area (Å²) < 4.78 is 5.15. The van der Waals surface area contributed by atoms with Gasteiger partial charge < -0.3 is 15.8 Å². The molecule has 1 aliphatic rings. The van der Waals surface area contributed by atoms with Crippen LogP contribution in [0.2, 0.25) is 0 Å². The number of carbonyl (C=O) groups excluding carboxylic acids is 1. The molecule has 0 saturated heterocycles. The van der Waals surface area contributed by atoms with Crippen molar-refractivity contribution in [1.82, 2.24) is 5.32 Å². The number of benzene rings is 1. The molecule has 0 heterocycles. The molecule has 2 unspecified atom stereocenters. The first-order chi connectivity index (χ1) is 8.11. The summed E-state index contributed by atoms with van der Waals surface area (Å²) in [6, 6.07) is 5.08. The van der Waals surface area contributed by atoms with Crippen molar-refractivity contribution >= 4 is 11.6 Å². The highest BCUT2D eigenvalue weighted by atomic mass is 16.5. The SMILES string of the molecule is COc1ccc(N)cc1C(=O)NCC1CC1C. The molecule has 0 radical (unpaired) electrons. The summed E-state index contributed by atoms with van der Waals surface area (Å²) in [7, 11) is 1.55. The van der Waals surface area contributed by atoms with E-state index in [1.54, 1.807) is 25.3 Å². The highest BCUT2D eigenvalue weighted by Crippen LogP contribution is 2.36. The summed E-state index contributed by atoms with van der Waals surface area (Å²) >= 11 is 0. The van der Waals surface area contributed by atoms with Gasteiger partial charge in [0.15, 0.2) is 0 Å². The molecule has 0 spiro atoms. The van der Waals surface area contributed by atoms with Crippen molar-refractivity contribution in [2.75, 3.05) is 19.4 Å². The minimum Gasteiger partial charge on any atom is -0.496 e. The molecule has 92 valence electrons. The number of nitrogens with two attached hydrogens (primary N) is 1. The van der Waals surface area contributed by atoms with E-state index in [4.69, 9.17) is 10.5 Å². The highest BCUT2D eigenvalue weighted by Gasteiger charge is 2.32. The predicted octanol–water partition coefficient (Wildman–Crippen LogP) is 1.66. The standard InChI is InChI=1S/C13H18N2O2/c1-8-5-9(8)7-15-13(16)11-6-10(14)3-4-12(11)17-2/h3-4,6,8-9H,5,7,14H2,1-2H3,(H,15,16). The lowest BCUT2D eigenvalue weighted by Gasteiger charge is -2.09. The molecule has 1 saturated carbocycles. The van der Waals surface area contributed by atoms with E-state index in [2.05, 4.69) is 12.2 Å². The maximum absolute atomic E-state index is 12.0. The molecule has 0 bridgehead atoms. The number of carbonyl (C=O) groups is 1. The van der Waals surface area contributed by atoms with Gasteiger partial charge in [-0.1, -0.05) is 6.92 Å². The first-order valence-corrected chi connectivity index (χ1v) is 5.83. The van der Waals surface area contributed by atoms with E-state index in [0.29, 0.717) is 22.9 Å². The zero-order valence-corrected chi connectivity index (χ0v) is 10.2. The minimum absolute atomic E-state index is 0.117. The second kappa shape index (κ2) is 4.65. The molecule has 4 heteroatoms. The first kappa shape index (κ1) is 11.8. The van der Waals surface area contributed by atoms with Gasteiger partial charge in [0.05, 0.1) is 12.7 Å². The normalized spacial score (nSPS) is 22.0. The zero-order valence-electron chi connectivity index (χ0n) is 10.2. The van der Waals surface area contributed by atoms with Crippen molar-refractivity contribution in [1.29, 1.82) is 0 Å². The topological polar surface area (TPSA) is 64.3 Å². The Kier molecular flexibility index (Phi) is 3.22. The van der Waals surface area contributed by atoms with Crippen LogP contribution in [0, 0.1) is 11.8 Å². The molecule has 3 N–H and O–H groups in total. The summed E-state index contributed by atoms with van der Waals surface area (Å²) in [6.45, 7) is 2.93. The summed E-state index contributed by atoms with van der Waals surface area (Å²) in [5, 5.41) is 2.92. The van der Waals surface area contributed by atoms with Crippen LogP contribution < -0.4 is 15.8 Å². The van der Waals surface area contributed by atoms with Crippen LogP contribution in [0.3, 0.4) is 0 Å². The third-order valence-corrected chi connectivity index (χ3v) is 3.27. The molecular weight excluding hydrogens is 216 g/mol. The molecule has 0 aromatic heterocycles. The van der Waals surface area contributed by atoms with Gasteiger partial charge in [0.1, 0.15) is 5.75 Å². The average molecular weight is 234 g/mol. The molecule has 4 nitrogen and oxygen atoms in total. The predicted molar refractivity (Wildman–Crippen MR) is 67.0 cm³/mol. The van der Waals surface area contributed by atoms with E-state index in [9.17, 15) is 4.79 Å². The van der Waals surface area contributed by atoms with Crippen LogP contribution in [0.15, 0.2) is 18.2 Å². The van der Waals surface area contributed by atoms with E-state index >= 15 is 0 Å². The molecule has 1 aliphatic carbocycles.